The van der Waals surface area contributed by atoms with Gasteiger partial charge in [-0.2, -0.15) is 0 Å². The molecule has 0 radical (unpaired) electrons. The second kappa shape index (κ2) is 10.1. The normalized spacial score (nSPS) is 10.4. The highest BCUT2D eigenvalue weighted by Crippen LogP contribution is 2.50. The van der Waals surface area contributed by atoms with Crippen molar-refractivity contribution in [3.63, 3.8) is 0 Å². The molecule has 0 unspecified atom stereocenters. The Labute approximate surface area is 187 Å². The lowest BCUT2D eigenvalue weighted by molar-refractivity contribution is 0.326. The number of benzene rings is 3. The van der Waals surface area contributed by atoms with Crippen LogP contribution >= 0.6 is 0 Å². The Morgan fingerprint density at radius 2 is 1.50 bits per heavy atom. The lowest BCUT2D eigenvalue weighted by atomic mass is 9.96. The zero-order valence-corrected chi connectivity index (χ0v) is 18.9. The van der Waals surface area contributed by atoms with Gasteiger partial charge in [-0.3, -0.25) is 0 Å². The first kappa shape index (κ1) is 23.0. The van der Waals surface area contributed by atoms with Crippen molar-refractivity contribution >= 4 is 0 Å². The van der Waals surface area contributed by atoms with Crippen LogP contribution in [0.15, 0.2) is 60.2 Å². The van der Waals surface area contributed by atoms with Gasteiger partial charge in [0.2, 0.25) is 0 Å². The predicted molar refractivity (Wildman–Crippen MR) is 124 cm³/mol. The smallest absolute Gasteiger partial charge is 0.170 e. The van der Waals surface area contributed by atoms with Gasteiger partial charge in [0.1, 0.15) is 18.2 Å². The summed E-state index contributed by atoms with van der Waals surface area (Å²) in [6.45, 7) is 4.43. The minimum Gasteiger partial charge on any atom is -0.504 e. The molecular weight excluding hydrogens is 411 g/mol. The number of rotatable bonds is 8. The third-order valence-electron chi connectivity index (χ3n) is 4.98. The van der Waals surface area contributed by atoms with Crippen molar-refractivity contribution in [2.45, 2.75) is 13.8 Å². The van der Waals surface area contributed by atoms with E-state index in [1.165, 1.54) is 26.4 Å². The average Bonchev–Trinajstić information content (AvgIpc) is 2.79. The second-order valence-corrected chi connectivity index (χ2v) is 7.35. The number of methoxy groups -OCH3 is 3. The van der Waals surface area contributed by atoms with Gasteiger partial charge in [-0.1, -0.05) is 23.8 Å². The summed E-state index contributed by atoms with van der Waals surface area (Å²) in [6.07, 6.45) is 1.97. The molecule has 0 aliphatic rings. The molecule has 168 valence electrons. The fraction of sp³-hybridized carbons (Fsp3) is 0.231. The molecule has 0 saturated carbocycles. The fourth-order valence-electron chi connectivity index (χ4n) is 3.36. The summed E-state index contributed by atoms with van der Waals surface area (Å²) in [4.78, 5) is 0. The summed E-state index contributed by atoms with van der Waals surface area (Å²) in [7, 11) is 4.55. The molecule has 6 heteroatoms. The van der Waals surface area contributed by atoms with Crippen LogP contribution in [0.5, 0.6) is 28.7 Å². The standard InChI is InChI=1S/C26H27FO5/c1-16(2)12-13-32-21-11-8-18(14-22(21)29-3)24-23(30-4)15-20(26(31-5)25(24)28)17-6-9-19(27)10-7-17/h6-12,14-15,28H,13H2,1-5H3. The number of allylic oxidation sites excluding steroid dienone is 1. The number of phenols is 1. The number of halogens is 1. The quantitative estimate of drug-likeness (QED) is 0.422. The van der Waals surface area contributed by atoms with Gasteiger partial charge in [0.05, 0.1) is 26.9 Å². The molecular formula is C26H27FO5. The van der Waals surface area contributed by atoms with Crippen LogP contribution in [0.25, 0.3) is 22.3 Å². The Balaban J connectivity index is 2.11. The molecule has 0 heterocycles. The van der Waals surface area contributed by atoms with Crippen LogP contribution in [0.3, 0.4) is 0 Å². The maximum Gasteiger partial charge on any atom is 0.170 e. The number of hydrogen-bond donors (Lipinski definition) is 1. The van der Waals surface area contributed by atoms with Crippen molar-refractivity contribution in [1.82, 2.24) is 0 Å². The summed E-state index contributed by atoms with van der Waals surface area (Å²) < 4.78 is 35.8. The molecule has 3 rings (SSSR count). The molecule has 5 nitrogen and oxygen atoms in total. The lowest BCUT2D eigenvalue weighted by Gasteiger charge is -2.19. The Morgan fingerprint density at radius 3 is 2.09 bits per heavy atom. The Morgan fingerprint density at radius 1 is 0.844 bits per heavy atom. The van der Waals surface area contributed by atoms with E-state index in [4.69, 9.17) is 18.9 Å². The van der Waals surface area contributed by atoms with Crippen molar-refractivity contribution in [2.24, 2.45) is 0 Å². The number of ether oxygens (including phenoxy) is 4. The molecule has 0 aromatic heterocycles. The first-order chi connectivity index (χ1) is 15.4. The van der Waals surface area contributed by atoms with Crippen LogP contribution < -0.4 is 18.9 Å². The van der Waals surface area contributed by atoms with Crippen molar-refractivity contribution < 1.29 is 28.4 Å². The van der Waals surface area contributed by atoms with Gasteiger partial charge < -0.3 is 24.1 Å². The van der Waals surface area contributed by atoms with E-state index in [1.807, 2.05) is 26.0 Å². The van der Waals surface area contributed by atoms with Gasteiger partial charge in [0.25, 0.3) is 0 Å². The molecule has 0 fully saturated rings. The predicted octanol–water partition coefficient (Wildman–Crippen LogP) is 6.24. The van der Waals surface area contributed by atoms with Crippen LogP contribution in [0.2, 0.25) is 0 Å². The molecule has 32 heavy (non-hydrogen) atoms. The van der Waals surface area contributed by atoms with Crippen LogP contribution in [0, 0.1) is 5.82 Å². The highest BCUT2D eigenvalue weighted by Gasteiger charge is 2.22. The minimum atomic E-state index is -0.348. The van der Waals surface area contributed by atoms with Gasteiger partial charge in [-0.05, 0) is 61.4 Å². The van der Waals surface area contributed by atoms with Gasteiger partial charge in [0.15, 0.2) is 23.0 Å². The molecule has 0 amide bonds. The Hall–Kier alpha value is -3.67. The Kier molecular flexibility index (Phi) is 7.25. The van der Waals surface area contributed by atoms with Gasteiger partial charge >= 0.3 is 0 Å². The lowest BCUT2D eigenvalue weighted by Crippen LogP contribution is -1.99. The average molecular weight is 438 g/mol. The molecule has 0 saturated heterocycles. The summed E-state index contributed by atoms with van der Waals surface area (Å²) in [5.74, 6) is 1.36. The van der Waals surface area contributed by atoms with Gasteiger partial charge in [-0.25, -0.2) is 4.39 Å². The van der Waals surface area contributed by atoms with E-state index in [2.05, 4.69) is 0 Å². The highest BCUT2D eigenvalue weighted by atomic mass is 19.1. The van der Waals surface area contributed by atoms with E-state index in [1.54, 1.807) is 37.4 Å². The summed E-state index contributed by atoms with van der Waals surface area (Å²) in [6, 6.07) is 13.1. The molecule has 3 aromatic rings. The van der Waals surface area contributed by atoms with Crippen LogP contribution in [-0.2, 0) is 0 Å². The van der Waals surface area contributed by atoms with E-state index < -0.39 is 0 Å². The third-order valence-corrected chi connectivity index (χ3v) is 4.98. The third kappa shape index (κ3) is 4.80. The highest BCUT2D eigenvalue weighted by molar-refractivity contribution is 5.88. The van der Waals surface area contributed by atoms with Crippen molar-refractivity contribution in [3.05, 3.63) is 66.0 Å². The van der Waals surface area contributed by atoms with Crippen molar-refractivity contribution in [3.8, 4) is 51.0 Å². The second-order valence-electron chi connectivity index (χ2n) is 7.35. The first-order valence-corrected chi connectivity index (χ1v) is 10.1. The minimum absolute atomic E-state index is 0.0913. The maximum atomic E-state index is 13.4. The van der Waals surface area contributed by atoms with E-state index in [-0.39, 0.29) is 17.3 Å². The largest absolute Gasteiger partial charge is 0.504 e. The van der Waals surface area contributed by atoms with Crippen molar-refractivity contribution in [2.75, 3.05) is 27.9 Å². The van der Waals surface area contributed by atoms with E-state index in [9.17, 15) is 9.50 Å². The van der Waals surface area contributed by atoms with E-state index in [0.29, 0.717) is 46.1 Å². The summed E-state index contributed by atoms with van der Waals surface area (Å²) in [5, 5.41) is 11.1. The van der Waals surface area contributed by atoms with E-state index in [0.717, 1.165) is 5.57 Å². The SMILES string of the molecule is COc1cc(-c2c(OC)cc(-c3ccc(F)cc3)c(OC)c2O)ccc1OCC=C(C)C. The molecule has 1 N–H and O–H groups in total. The fourth-order valence-corrected chi connectivity index (χ4v) is 3.36. The molecule has 0 aliphatic heterocycles. The number of hydrogen-bond acceptors (Lipinski definition) is 5. The Bertz CT molecular complexity index is 1120. The van der Waals surface area contributed by atoms with E-state index >= 15 is 0 Å². The number of aromatic hydroxyl groups is 1. The summed E-state index contributed by atoms with van der Waals surface area (Å²) in [5.41, 5.74) is 3.53. The molecule has 0 bridgehead atoms. The molecule has 0 atom stereocenters. The molecule has 0 aliphatic carbocycles. The zero-order valence-electron chi connectivity index (χ0n) is 18.9. The summed E-state index contributed by atoms with van der Waals surface area (Å²) >= 11 is 0. The molecule has 3 aromatic carbocycles. The topological polar surface area (TPSA) is 57.2 Å². The van der Waals surface area contributed by atoms with Crippen LogP contribution in [0.1, 0.15) is 13.8 Å². The van der Waals surface area contributed by atoms with Crippen molar-refractivity contribution in [1.29, 1.82) is 0 Å². The monoisotopic (exact) mass is 438 g/mol. The van der Waals surface area contributed by atoms with Gasteiger partial charge in [-0.15, -0.1) is 0 Å². The first-order valence-electron chi connectivity index (χ1n) is 10.1. The van der Waals surface area contributed by atoms with Crippen LogP contribution in [-0.4, -0.2) is 33.0 Å². The van der Waals surface area contributed by atoms with Crippen LogP contribution in [0.4, 0.5) is 4.39 Å². The zero-order chi connectivity index (χ0) is 23.3. The number of phenolic OH excluding ortho intramolecular Hbond substituents is 1. The molecule has 0 spiro atoms. The maximum absolute atomic E-state index is 13.4. The van der Waals surface area contributed by atoms with Gasteiger partial charge in [0, 0.05) is 5.56 Å².